The Morgan fingerprint density at radius 1 is 0.952 bits per heavy atom. The van der Waals surface area contributed by atoms with E-state index in [9.17, 15) is 17.6 Å². The number of methoxy groups -OCH3 is 1. The van der Waals surface area contributed by atoms with Gasteiger partial charge in [0, 0.05) is 57.9 Å². The maximum absolute atomic E-state index is 13.8. The van der Waals surface area contributed by atoms with Crippen molar-refractivity contribution in [1.82, 2.24) is 14.1 Å². The number of benzene rings is 3. The predicted molar refractivity (Wildman–Crippen MR) is 160 cm³/mol. The van der Waals surface area contributed by atoms with Gasteiger partial charge in [0.2, 0.25) is 10.0 Å². The first-order chi connectivity index (χ1) is 20.2. The highest BCUT2D eigenvalue weighted by Crippen LogP contribution is 2.41. The van der Waals surface area contributed by atoms with Gasteiger partial charge in [-0.1, -0.05) is 41.9 Å². The van der Waals surface area contributed by atoms with Gasteiger partial charge in [-0.15, -0.1) is 0 Å². The van der Waals surface area contributed by atoms with Crippen LogP contribution in [0.3, 0.4) is 0 Å². The maximum atomic E-state index is 13.8. The lowest BCUT2D eigenvalue weighted by Gasteiger charge is -2.43. The van der Waals surface area contributed by atoms with Crippen LogP contribution in [0.25, 0.3) is 0 Å². The molecule has 0 aromatic heterocycles. The van der Waals surface area contributed by atoms with Crippen LogP contribution >= 0.6 is 11.6 Å². The average Bonchev–Trinajstić information content (AvgIpc) is 3.25. The molecular formula is C31H34ClFN4O4S. The second-order valence-electron chi connectivity index (χ2n) is 11.1. The lowest BCUT2D eigenvalue weighted by atomic mass is 10.1. The largest absolute Gasteiger partial charge is 0.495 e. The predicted octanol–water partition coefficient (Wildman–Crippen LogP) is 4.49. The van der Waals surface area contributed by atoms with Crippen molar-refractivity contribution in [3.8, 4) is 5.75 Å². The summed E-state index contributed by atoms with van der Waals surface area (Å²) in [5.41, 5.74) is 2.21. The van der Waals surface area contributed by atoms with Gasteiger partial charge in [0.1, 0.15) is 11.6 Å². The summed E-state index contributed by atoms with van der Waals surface area (Å²) in [5.74, 6) is -0.122. The molecule has 42 heavy (non-hydrogen) atoms. The summed E-state index contributed by atoms with van der Waals surface area (Å²) in [4.78, 5) is 19.8. The molecule has 0 radical (unpaired) electrons. The van der Waals surface area contributed by atoms with Gasteiger partial charge in [0.15, 0.2) is 0 Å². The van der Waals surface area contributed by atoms with E-state index in [2.05, 4.69) is 21.9 Å². The van der Waals surface area contributed by atoms with Crippen molar-refractivity contribution < 1.29 is 22.3 Å². The molecule has 11 heteroatoms. The van der Waals surface area contributed by atoms with Gasteiger partial charge in [-0.25, -0.2) is 12.8 Å². The number of carbonyl (C=O) groups is 1. The Hall–Kier alpha value is -3.18. The Bertz CT molecular complexity index is 1550. The van der Waals surface area contributed by atoms with E-state index >= 15 is 0 Å². The van der Waals surface area contributed by atoms with E-state index in [4.69, 9.17) is 16.3 Å². The number of carbonyl (C=O) groups excluding carboxylic acids is 1. The number of rotatable bonds is 7. The van der Waals surface area contributed by atoms with E-state index in [1.807, 2.05) is 18.2 Å². The van der Waals surface area contributed by atoms with Crippen molar-refractivity contribution in [3.05, 3.63) is 88.7 Å². The molecular weight excluding hydrogens is 579 g/mol. The Labute approximate surface area is 251 Å². The van der Waals surface area contributed by atoms with Crippen LogP contribution in [0.4, 0.5) is 10.1 Å². The number of nitrogens with zero attached hydrogens (tertiary/aromatic N) is 4. The number of piperazine rings is 2. The highest BCUT2D eigenvalue weighted by atomic mass is 35.5. The van der Waals surface area contributed by atoms with Crippen LogP contribution in [0.15, 0.2) is 71.6 Å². The van der Waals surface area contributed by atoms with Crippen molar-refractivity contribution in [1.29, 1.82) is 0 Å². The molecule has 0 aliphatic carbocycles. The first-order valence-electron chi connectivity index (χ1n) is 14.2. The minimum Gasteiger partial charge on any atom is -0.495 e. The molecule has 3 aliphatic heterocycles. The Balaban J connectivity index is 1.18. The number of hydrogen-bond donors (Lipinski definition) is 0. The molecule has 3 aromatic carbocycles. The lowest BCUT2D eigenvalue weighted by molar-refractivity contribution is 0.0718. The molecule has 3 aromatic rings. The van der Waals surface area contributed by atoms with Gasteiger partial charge in [-0.3, -0.25) is 9.69 Å². The molecule has 3 aliphatic rings. The molecule has 0 saturated carbocycles. The quantitative estimate of drug-likeness (QED) is 0.392. The minimum atomic E-state index is -3.71. The van der Waals surface area contributed by atoms with Crippen LogP contribution in [-0.4, -0.2) is 86.9 Å². The topological polar surface area (TPSA) is 73.4 Å². The number of likely N-dealkylation sites (tertiary alicyclic amines) is 1. The number of ether oxygens (including phenoxy) is 1. The van der Waals surface area contributed by atoms with Gasteiger partial charge >= 0.3 is 0 Å². The smallest absolute Gasteiger partial charge is 0.255 e. The summed E-state index contributed by atoms with van der Waals surface area (Å²) < 4.78 is 48.4. The van der Waals surface area contributed by atoms with Gasteiger partial charge in [0.05, 0.1) is 28.3 Å². The molecule has 2 bridgehead atoms. The number of sulfonamides is 1. The van der Waals surface area contributed by atoms with Crippen LogP contribution < -0.4 is 9.64 Å². The third-order valence-corrected chi connectivity index (χ3v) is 10.8. The van der Waals surface area contributed by atoms with Gasteiger partial charge in [-0.05, 0) is 54.8 Å². The molecule has 0 spiro atoms. The van der Waals surface area contributed by atoms with Crippen LogP contribution in [0.1, 0.15) is 28.8 Å². The van der Waals surface area contributed by atoms with Crippen molar-refractivity contribution in [2.24, 2.45) is 0 Å². The number of hydrogen-bond acceptors (Lipinski definition) is 6. The number of amides is 1. The monoisotopic (exact) mass is 612 g/mol. The highest BCUT2D eigenvalue weighted by Gasteiger charge is 2.43. The third kappa shape index (κ3) is 5.60. The first-order valence-corrected chi connectivity index (χ1v) is 16.0. The first kappa shape index (κ1) is 28.9. The standard InChI is InChI=1S/C31H34ClFN4O4S/c1-41-30-12-10-26(42(39,40)36-15-13-34(14-16-36)19-22-5-3-2-4-6-22)18-29(30)37-24-8-9-25(37)21-35(20-24)31(38)27-11-7-23(33)17-28(27)32/h2-7,10-12,17-18,24-25H,8-9,13-16,19-21H2,1H3. The van der Waals surface area contributed by atoms with Crippen LogP contribution in [0, 0.1) is 5.82 Å². The van der Waals surface area contributed by atoms with E-state index in [-0.39, 0.29) is 33.5 Å². The SMILES string of the molecule is COc1ccc(S(=O)(=O)N2CCN(Cc3ccccc3)CC2)cc1N1C2CCC1CN(C(=O)c1ccc(F)cc1Cl)C2. The van der Waals surface area contributed by atoms with E-state index in [0.717, 1.165) is 31.1 Å². The van der Waals surface area contributed by atoms with Crippen molar-refractivity contribution in [2.75, 3.05) is 51.3 Å². The van der Waals surface area contributed by atoms with Crippen LogP contribution in [-0.2, 0) is 16.6 Å². The van der Waals surface area contributed by atoms with Crippen molar-refractivity contribution in [2.45, 2.75) is 36.4 Å². The number of halogens is 2. The molecule has 2 atom stereocenters. The normalized spacial score (nSPS) is 21.5. The van der Waals surface area contributed by atoms with E-state index in [1.165, 1.54) is 17.7 Å². The Morgan fingerprint density at radius 2 is 1.64 bits per heavy atom. The van der Waals surface area contributed by atoms with Gasteiger partial charge in [-0.2, -0.15) is 4.31 Å². The molecule has 3 fully saturated rings. The highest BCUT2D eigenvalue weighted by molar-refractivity contribution is 7.89. The van der Waals surface area contributed by atoms with Crippen molar-refractivity contribution in [3.63, 3.8) is 0 Å². The van der Waals surface area contributed by atoms with Crippen LogP contribution in [0.2, 0.25) is 5.02 Å². The van der Waals surface area contributed by atoms with Crippen molar-refractivity contribution >= 4 is 33.2 Å². The van der Waals surface area contributed by atoms with E-state index < -0.39 is 15.8 Å². The third-order valence-electron chi connectivity index (χ3n) is 8.58. The zero-order valence-electron chi connectivity index (χ0n) is 23.5. The average molecular weight is 613 g/mol. The lowest BCUT2D eigenvalue weighted by Crippen LogP contribution is -2.55. The minimum absolute atomic E-state index is 0.0136. The summed E-state index contributed by atoms with van der Waals surface area (Å²) in [6, 6.07) is 19.1. The number of anilines is 1. The molecule has 0 N–H and O–H groups in total. The Kier molecular flexibility index (Phi) is 8.15. The summed E-state index contributed by atoms with van der Waals surface area (Å²) >= 11 is 6.19. The van der Waals surface area contributed by atoms with Crippen LogP contribution in [0.5, 0.6) is 5.75 Å². The zero-order chi connectivity index (χ0) is 29.4. The fourth-order valence-corrected chi connectivity index (χ4v) is 8.14. The summed E-state index contributed by atoms with van der Waals surface area (Å²) in [5, 5.41) is 0.0928. The molecule has 3 heterocycles. The van der Waals surface area contributed by atoms with E-state index in [1.54, 1.807) is 34.5 Å². The number of fused-ring (bicyclic) bond motifs is 2. The molecule has 6 rings (SSSR count). The zero-order valence-corrected chi connectivity index (χ0v) is 25.0. The molecule has 3 saturated heterocycles. The summed E-state index contributed by atoms with van der Waals surface area (Å²) in [6.45, 7) is 3.87. The summed E-state index contributed by atoms with van der Waals surface area (Å²) in [6.07, 6.45) is 1.71. The second kappa shape index (κ2) is 11.8. The fraction of sp³-hybridized carbons (Fsp3) is 0.387. The second-order valence-corrected chi connectivity index (χ2v) is 13.5. The van der Waals surface area contributed by atoms with Gasteiger partial charge in [0.25, 0.3) is 5.91 Å². The molecule has 222 valence electrons. The van der Waals surface area contributed by atoms with Gasteiger partial charge < -0.3 is 14.5 Å². The Morgan fingerprint density at radius 3 is 2.29 bits per heavy atom. The fourth-order valence-electron chi connectivity index (χ4n) is 6.45. The van der Waals surface area contributed by atoms with E-state index in [0.29, 0.717) is 45.0 Å². The molecule has 8 nitrogen and oxygen atoms in total. The molecule has 2 unspecified atom stereocenters. The molecule has 1 amide bonds. The summed E-state index contributed by atoms with van der Waals surface area (Å²) in [7, 11) is -2.13. The maximum Gasteiger partial charge on any atom is 0.255 e.